The third-order valence-electron chi connectivity index (χ3n) is 3.01. The van der Waals surface area contributed by atoms with Gasteiger partial charge in [-0.2, -0.15) is 0 Å². The maximum absolute atomic E-state index is 11.6. The van der Waals surface area contributed by atoms with E-state index in [4.69, 9.17) is 5.11 Å². The average molecular weight is 262 g/mol. The summed E-state index contributed by atoms with van der Waals surface area (Å²) in [5, 5.41) is 14.5. The molecule has 1 saturated carbocycles. The molecule has 0 heterocycles. The van der Waals surface area contributed by atoms with Crippen molar-refractivity contribution in [1.82, 2.24) is 5.32 Å². The highest BCUT2D eigenvalue weighted by Gasteiger charge is 2.20. The van der Waals surface area contributed by atoms with Crippen LogP contribution in [-0.2, 0) is 16.0 Å². The molecule has 0 spiro atoms. The van der Waals surface area contributed by atoms with Gasteiger partial charge < -0.3 is 15.7 Å². The first kappa shape index (κ1) is 13.5. The van der Waals surface area contributed by atoms with Crippen LogP contribution in [0.1, 0.15) is 18.4 Å². The molecule has 19 heavy (non-hydrogen) atoms. The van der Waals surface area contributed by atoms with Gasteiger partial charge in [-0.3, -0.25) is 9.59 Å². The van der Waals surface area contributed by atoms with Crippen molar-refractivity contribution in [3.8, 4) is 0 Å². The molecule has 0 saturated heterocycles. The minimum Gasteiger partial charge on any atom is -0.481 e. The van der Waals surface area contributed by atoms with Crippen LogP contribution in [-0.4, -0.2) is 30.1 Å². The van der Waals surface area contributed by atoms with E-state index in [9.17, 15) is 9.59 Å². The fourth-order valence-corrected chi connectivity index (χ4v) is 1.80. The largest absolute Gasteiger partial charge is 0.481 e. The van der Waals surface area contributed by atoms with Gasteiger partial charge in [-0.1, -0.05) is 12.1 Å². The van der Waals surface area contributed by atoms with Crippen LogP contribution in [0.15, 0.2) is 24.3 Å². The third-order valence-corrected chi connectivity index (χ3v) is 3.01. The smallest absolute Gasteiger partial charge is 0.307 e. The molecule has 1 aliphatic carbocycles. The molecule has 0 aliphatic heterocycles. The summed E-state index contributed by atoms with van der Waals surface area (Å²) in [5.74, 6) is -0.184. The van der Waals surface area contributed by atoms with Crippen molar-refractivity contribution in [2.24, 2.45) is 5.92 Å². The van der Waals surface area contributed by atoms with E-state index in [1.165, 1.54) is 12.8 Å². The number of hydrogen-bond acceptors (Lipinski definition) is 3. The summed E-state index contributed by atoms with van der Waals surface area (Å²) in [7, 11) is 0. The Morgan fingerprint density at radius 2 is 1.89 bits per heavy atom. The summed E-state index contributed by atoms with van der Waals surface area (Å²) < 4.78 is 0. The first-order chi connectivity index (χ1) is 9.13. The maximum atomic E-state index is 11.6. The van der Waals surface area contributed by atoms with E-state index >= 15 is 0 Å². The summed E-state index contributed by atoms with van der Waals surface area (Å²) in [6.07, 6.45) is 2.52. The molecule has 1 amide bonds. The summed E-state index contributed by atoms with van der Waals surface area (Å²) in [4.78, 5) is 22.1. The topological polar surface area (TPSA) is 78.4 Å². The normalized spacial score (nSPS) is 14.1. The molecule has 0 bridgehead atoms. The van der Waals surface area contributed by atoms with Crippen LogP contribution < -0.4 is 10.6 Å². The van der Waals surface area contributed by atoms with E-state index in [0.29, 0.717) is 12.2 Å². The molecule has 1 aromatic rings. The van der Waals surface area contributed by atoms with E-state index in [2.05, 4.69) is 10.6 Å². The molecule has 1 aliphatic rings. The van der Waals surface area contributed by atoms with Crippen LogP contribution in [0.3, 0.4) is 0 Å². The molecule has 0 radical (unpaired) electrons. The van der Waals surface area contributed by atoms with Crippen LogP contribution in [0.4, 0.5) is 5.69 Å². The number of carbonyl (C=O) groups is 2. The summed E-state index contributed by atoms with van der Waals surface area (Å²) in [6.45, 7) is 1.22. The van der Waals surface area contributed by atoms with Crippen LogP contribution in [0.5, 0.6) is 0 Å². The van der Waals surface area contributed by atoms with Crippen LogP contribution in [0.2, 0.25) is 0 Å². The van der Waals surface area contributed by atoms with Gasteiger partial charge in [0.05, 0.1) is 13.0 Å². The first-order valence-electron chi connectivity index (χ1n) is 6.45. The number of carbonyl (C=O) groups excluding carboxylic acids is 1. The number of amides is 1. The second kappa shape index (κ2) is 6.33. The maximum Gasteiger partial charge on any atom is 0.307 e. The third kappa shape index (κ3) is 5.09. The highest BCUT2D eigenvalue weighted by atomic mass is 16.4. The Hall–Kier alpha value is -1.88. The van der Waals surface area contributed by atoms with E-state index in [1.807, 2.05) is 0 Å². The number of aliphatic carboxylic acids is 1. The van der Waals surface area contributed by atoms with Crippen LogP contribution in [0.25, 0.3) is 0 Å². The lowest BCUT2D eigenvalue weighted by Gasteiger charge is -2.07. The van der Waals surface area contributed by atoms with Crippen molar-refractivity contribution in [2.45, 2.75) is 19.3 Å². The SMILES string of the molecule is O=C(O)Cc1ccc(NC(=O)CNCC2CC2)cc1. The molecule has 1 fully saturated rings. The molecule has 5 nitrogen and oxygen atoms in total. The van der Waals surface area contributed by atoms with Crippen molar-refractivity contribution < 1.29 is 14.7 Å². The zero-order valence-electron chi connectivity index (χ0n) is 10.7. The Morgan fingerprint density at radius 3 is 2.47 bits per heavy atom. The highest BCUT2D eigenvalue weighted by Crippen LogP contribution is 2.27. The van der Waals surface area contributed by atoms with E-state index in [0.717, 1.165) is 18.0 Å². The fraction of sp³-hybridized carbons (Fsp3) is 0.429. The Labute approximate surface area is 112 Å². The predicted octanol–water partition coefficient (Wildman–Crippen LogP) is 1.25. The van der Waals surface area contributed by atoms with Crippen molar-refractivity contribution in [2.75, 3.05) is 18.4 Å². The van der Waals surface area contributed by atoms with Gasteiger partial charge in [0.1, 0.15) is 0 Å². The lowest BCUT2D eigenvalue weighted by molar-refractivity contribution is -0.136. The van der Waals surface area contributed by atoms with Crippen molar-refractivity contribution in [3.05, 3.63) is 29.8 Å². The standard InChI is InChI=1S/C14H18N2O3/c17-13(9-15-8-11-1-2-11)16-12-5-3-10(4-6-12)7-14(18)19/h3-6,11,15H,1-2,7-9H2,(H,16,17)(H,18,19). The fourth-order valence-electron chi connectivity index (χ4n) is 1.80. The number of benzene rings is 1. The Bertz CT molecular complexity index is 452. The second-order valence-electron chi connectivity index (χ2n) is 4.89. The molecule has 0 unspecified atom stereocenters. The molecule has 5 heteroatoms. The van der Waals surface area contributed by atoms with Gasteiger partial charge in [0, 0.05) is 5.69 Å². The van der Waals surface area contributed by atoms with Crippen molar-refractivity contribution in [1.29, 1.82) is 0 Å². The number of nitrogens with one attached hydrogen (secondary N) is 2. The van der Waals surface area contributed by atoms with Gasteiger partial charge in [-0.05, 0) is 43.0 Å². The van der Waals surface area contributed by atoms with Gasteiger partial charge in [-0.15, -0.1) is 0 Å². The number of carboxylic acid groups (broad SMARTS) is 1. The summed E-state index contributed by atoms with van der Waals surface area (Å²) in [6, 6.07) is 6.86. The minimum atomic E-state index is -0.860. The predicted molar refractivity (Wildman–Crippen MR) is 72.0 cm³/mol. The first-order valence-corrected chi connectivity index (χ1v) is 6.45. The van der Waals surface area contributed by atoms with Gasteiger partial charge in [-0.25, -0.2) is 0 Å². The van der Waals surface area contributed by atoms with Crippen molar-refractivity contribution >= 4 is 17.6 Å². The van der Waals surface area contributed by atoms with E-state index in [-0.39, 0.29) is 12.3 Å². The van der Waals surface area contributed by atoms with Gasteiger partial charge in [0.15, 0.2) is 0 Å². The molecule has 0 atom stereocenters. The van der Waals surface area contributed by atoms with Gasteiger partial charge in [0.2, 0.25) is 5.91 Å². The summed E-state index contributed by atoms with van der Waals surface area (Å²) in [5.41, 5.74) is 1.41. The lowest BCUT2D eigenvalue weighted by atomic mass is 10.1. The Kier molecular flexibility index (Phi) is 4.52. The Balaban J connectivity index is 1.74. The number of hydrogen-bond donors (Lipinski definition) is 3. The van der Waals surface area contributed by atoms with Gasteiger partial charge in [0.25, 0.3) is 0 Å². The van der Waals surface area contributed by atoms with Crippen molar-refractivity contribution in [3.63, 3.8) is 0 Å². The lowest BCUT2D eigenvalue weighted by Crippen LogP contribution is -2.29. The molecule has 102 valence electrons. The van der Waals surface area contributed by atoms with Gasteiger partial charge >= 0.3 is 5.97 Å². The Morgan fingerprint density at radius 1 is 1.21 bits per heavy atom. The molecule has 3 N–H and O–H groups in total. The molecular weight excluding hydrogens is 244 g/mol. The number of rotatable bonds is 7. The van der Waals surface area contributed by atoms with E-state index < -0.39 is 5.97 Å². The van der Waals surface area contributed by atoms with Crippen LogP contribution >= 0.6 is 0 Å². The quantitative estimate of drug-likeness (QED) is 0.691. The summed E-state index contributed by atoms with van der Waals surface area (Å²) >= 11 is 0. The minimum absolute atomic E-state index is 0.00281. The number of carboxylic acids is 1. The molecule has 0 aromatic heterocycles. The highest BCUT2D eigenvalue weighted by molar-refractivity contribution is 5.92. The average Bonchev–Trinajstić information content (AvgIpc) is 3.15. The number of anilines is 1. The van der Waals surface area contributed by atoms with E-state index in [1.54, 1.807) is 24.3 Å². The second-order valence-corrected chi connectivity index (χ2v) is 4.89. The molecule has 2 rings (SSSR count). The van der Waals surface area contributed by atoms with Crippen LogP contribution in [0, 0.1) is 5.92 Å². The zero-order valence-corrected chi connectivity index (χ0v) is 10.7. The zero-order chi connectivity index (χ0) is 13.7. The monoisotopic (exact) mass is 262 g/mol. The molecule has 1 aromatic carbocycles. The molecular formula is C14H18N2O3.